The molecule has 1 aromatic rings. The Morgan fingerprint density at radius 3 is 2.50 bits per heavy atom. The van der Waals surface area contributed by atoms with Crippen LogP contribution in [0.2, 0.25) is 0 Å². The van der Waals surface area contributed by atoms with Crippen LogP contribution in [-0.2, 0) is 0 Å². The maximum atomic E-state index is 5.46. The number of rotatable bonds is 8. The van der Waals surface area contributed by atoms with E-state index in [1.165, 1.54) is 18.4 Å². The molecule has 0 fully saturated rings. The van der Waals surface area contributed by atoms with E-state index in [4.69, 9.17) is 9.47 Å². The number of benzene rings is 1. The van der Waals surface area contributed by atoms with Crippen molar-refractivity contribution < 1.29 is 9.47 Å². The molecule has 0 spiro atoms. The van der Waals surface area contributed by atoms with Gasteiger partial charge in [-0.25, -0.2) is 0 Å². The Kier molecular flexibility index (Phi) is 6.58. The van der Waals surface area contributed by atoms with Gasteiger partial charge in [-0.15, -0.1) is 0 Å². The molecule has 102 valence electrons. The Morgan fingerprint density at radius 1 is 1.17 bits per heavy atom. The van der Waals surface area contributed by atoms with E-state index in [1.807, 2.05) is 12.1 Å². The van der Waals surface area contributed by atoms with E-state index in [2.05, 4.69) is 25.2 Å². The molecule has 0 radical (unpaired) electrons. The zero-order valence-corrected chi connectivity index (χ0v) is 12.0. The molecule has 0 bridgehead atoms. The minimum atomic E-state index is 0.345. The predicted molar refractivity (Wildman–Crippen MR) is 75.5 cm³/mol. The van der Waals surface area contributed by atoms with Crippen LogP contribution in [0.1, 0.15) is 44.7 Å². The summed E-state index contributed by atoms with van der Waals surface area (Å²) in [4.78, 5) is 0. The van der Waals surface area contributed by atoms with Crippen molar-refractivity contribution in [3.63, 3.8) is 0 Å². The Balaban J connectivity index is 2.83. The summed E-state index contributed by atoms with van der Waals surface area (Å²) < 4.78 is 10.7. The highest BCUT2D eigenvalue weighted by Crippen LogP contribution is 2.30. The molecule has 1 N–H and O–H groups in total. The van der Waals surface area contributed by atoms with Crippen molar-refractivity contribution in [1.82, 2.24) is 5.32 Å². The van der Waals surface area contributed by atoms with E-state index in [0.717, 1.165) is 24.5 Å². The van der Waals surface area contributed by atoms with Crippen molar-refractivity contribution in [3.8, 4) is 11.5 Å². The highest BCUT2D eigenvalue weighted by molar-refractivity contribution is 5.42. The van der Waals surface area contributed by atoms with E-state index < -0.39 is 0 Å². The SMILES string of the molecule is CCCCN[C@H](CC)c1ccc(OC)cc1OC. The van der Waals surface area contributed by atoms with Crippen LogP contribution < -0.4 is 14.8 Å². The molecule has 0 amide bonds. The first-order valence-electron chi connectivity index (χ1n) is 6.72. The number of ether oxygens (including phenoxy) is 2. The van der Waals surface area contributed by atoms with Gasteiger partial charge in [0.15, 0.2) is 0 Å². The molecule has 0 aliphatic carbocycles. The average molecular weight is 251 g/mol. The fourth-order valence-electron chi connectivity index (χ4n) is 2.03. The normalized spacial score (nSPS) is 12.2. The van der Waals surface area contributed by atoms with Crippen LogP contribution in [0, 0.1) is 0 Å². The summed E-state index contributed by atoms with van der Waals surface area (Å²) in [6.07, 6.45) is 3.46. The van der Waals surface area contributed by atoms with Gasteiger partial charge in [0.25, 0.3) is 0 Å². The van der Waals surface area contributed by atoms with E-state index in [0.29, 0.717) is 6.04 Å². The van der Waals surface area contributed by atoms with Crippen LogP contribution in [0.15, 0.2) is 18.2 Å². The van der Waals surface area contributed by atoms with Gasteiger partial charge in [-0.05, 0) is 25.5 Å². The fraction of sp³-hybridized carbons (Fsp3) is 0.600. The summed E-state index contributed by atoms with van der Waals surface area (Å²) in [5.74, 6) is 1.73. The standard InChI is InChI=1S/C15H25NO2/c1-5-7-10-16-14(6-2)13-9-8-12(17-3)11-15(13)18-4/h8-9,11,14,16H,5-7,10H2,1-4H3/t14-/m1/s1. The minimum Gasteiger partial charge on any atom is -0.497 e. The zero-order valence-electron chi connectivity index (χ0n) is 12.0. The fourth-order valence-corrected chi connectivity index (χ4v) is 2.03. The molecule has 0 unspecified atom stereocenters. The van der Waals surface area contributed by atoms with Crippen LogP contribution >= 0.6 is 0 Å². The largest absolute Gasteiger partial charge is 0.497 e. The molecule has 0 aliphatic rings. The summed E-state index contributed by atoms with van der Waals surface area (Å²) in [6, 6.07) is 6.36. The van der Waals surface area contributed by atoms with Gasteiger partial charge in [-0.3, -0.25) is 0 Å². The second-order valence-corrected chi connectivity index (χ2v) is 4.38. The van der Waals surface area contributed by atoms with Crippen molar-refractivity contribution in [3.05, 3.63) is 23.8 Å². The van der Waals surface area contributed by atoms with Crippen LogP contribution in [0.3, 0.4) is 0 Å². The first-order chi connectivity index (χ1) is 8.76. The lowest BCUT2D eigenvalue weighted by Gasteiger charge is -2.20. The maximum Gasteiger partial charge on any atom is 0.127 e. The predicted octanol–water partition coefficient (Wildman–Crippen LogP) is 3.54. The molecule has 1 rings (SSSR count). The maximum absolute atomic E-state index is 5.46. The molecule has 3 heteroatoms. The highest BCUT2D eigenvalue weighted by Gasteiger charge is 2.14. The van der Waals surface area contributed by atoms with Gasteiger partial charge < -0.3 is 14.8 Å². The van der Waals surface area contributed by atoms with Crippen LogP contribution in [0.4, 0.5) is 0 Å². The number of nitrogens with one attached hydrogen (secondary N) is 1. The van der Waals surface area contributed by atoms with Crippen LogP contribution in [0.5, 0.6) is 11.5 Å². The van der Waals surface area contributed by atoms with E-state index in [9.17, 15) is 0 Å². The van der Waals surface area contributed by atoms with Gasteiger partial charge in [-0.2, -0.15) is 0 Å². The number of hydrogen-bond donors (Lipinski definition) is 1. The second-order valence-electron chi connectivity index (χ2n) is 4.38. The van der Waals surface area contributed by atoms with Gasteiger partial charge in [-0.1, -0.05) is 26.3 Å². The quantitative estimate of drug-likeness (QED) is 0.717. The second kappa shape index (κ2) is 7.98. The Labute approximate surface area is 110 Å². The van der Waals surface area contributed by atoms with Crippen molar-refractivity contribution >= 4 is 0 Å². The summed E-state index contributed by atoms with van der Waals surface area (Å²) >= 11 is 0. The smallest absolute Gasteiger partial charge is 0.127 e. The molecule has 1 atom stereocenters. The summed E-state index contributed by atoms with van der Waals surface area (Å²) in [5.41, 5.74) is 1.21. The molecule has 0 aliphatic heterocycles. The number of hydrogen-bond acceptors (Lipinski definition) is 3. The first kappa shape index (κ1) is 14.8. The minimum absolute atomic E-state index is 0.345. The summed E-state index contributed by atoms with van der Waals surface area (Å²) in [7, 11) is 3.38. The molecule has 0 saturated heterocycles. The third-order valence-electron chi connectivity index (χ3n) is 3.15. The molecular formula is C15H25NO2. The van der Waals surface area contributed by atoms with Gasteiger partial charge in [0, 0.05) is 17.7 Å². The Morgan fingerprint density at radius 2 is 1.94 bits per heavy atom. The molecule has 0 saturated carbocycles. The van der Waals surface area contributed by atoms with Crippen molar-refractivity contribution in [2.45, 2.75) is 39.2 Å². The Bertz CT molecular complexity index is 352. The van der Waals surface area contributed by atoms with E-state index >= 15 is 0 Å². The average Bonchev–Trinajstić information content (AvgIpc) is 2.43. The molecule has 1 aromatic carbocycles. The van der Waals surface area contributed by atoms with E-state index in [1.54, 1.807) is 14.2 Å². The third-order valence-corrected chi connectivity index (χ3v) is 3.15. The number of methoxy groups -OCH3 is 2. The monoisotopic (exact) mass is 251 g/mol. The lowest BCUT2D eigenvalue weighted by molar-refractivity contribution is 0.382. The van der Waals surface area contributed by atoms with Gasteiger partial charge in [0.1, 0.15) is 11.5 Å². The molecule has 0 heterocycles. The molecular weight excluding hydrogens is 226 g/mol. The van der Waals surface area contributed by atoms with Gasteiger partial charge in [0.05, 0.1) is 14.2 Å². The third kappa shape index (κ3) is 3.91. The highest BCUT2D eigenvalue weighted by atomic mass is 16.5. The van der Waals surface area contributed by atoms with Crippen LogP contribution in [-0.4, -0.2) is 20.8 Å². The summed E-state index contributed by atoms with van der Waals surface area (Å²) in [6.45, 7) is 5.44. The molecule has 0 aromatic heterocycles. The Hall–Kier alpha value is -1.22. The van der Waals surface area contributed by atoms with Crippen molar-refractivity contribution in [2.75, 3.05) is 20.8 Å². The first-order valence-corrected chi connectivity index (χ1v) is 6.72. The van der Waals surface area contributed by atoms with Crippen molar-refractivity contribution in [2.24, 2.45) is 0 Å². The zero-order chi connectivity index (χ0) is 13.4. The van der Waals surface area contributed by atoms with Crippen molar-refractivity contribution in [1.29, 1.82) is 0 Å². The molecule has 18 heavy (non-hydrogen) atoms. The van der Waals surface area contributed by atoms with Gasteiger partial charge >= 0.3 is 0 Å². The topological polar surface area (TPSA) is 30.5 Å². The number of unbranched alkanes of at least 4 members (excludes halogenated alkanes) is 1. The molecule has 3 nitrogen and oxygen atoms in total. The van der Waals surface area contributed by atoms with Gasteiger partial charge in [0.2, 0.25) is 0 Å². The lowest BCUT2D eigenvalue weighted by Crippen LogP contribution is -2.22. The van der Waals surface area contributed by atoms with E-state index in [-0.39, 0.29) is 0 Å². The van der Waals surface area contributed by atoms with Crippen LogP contribution in [0.25, 0.3) is 0 Å². The summed E-state index contributed by atoms with van der Waals surface area (Å²) in [5, 5.41) is 3.58. The lowest BCUT2D eigenvalue weighted by atomic mass is 10.0.